The zero-order valence-electron chi connectivity index (χ0n) is 10.1. The summed E-state index contributed by atoms with van der Waals surface area (Å²) in [5.41, 5.74) is 3.89. The molecule has 2 aromatic rings. The van der Waals surface area contributed by atoms with Crippen molar-refractivity contribution >= 4 is 21.8 Å². The van der Waals surface area contributed by atoms with E-state index >= 15 is 0 Å². The topological polar surface area (TPSA) is 75.3 Å². The second-order valence-electron chi connectivity index (χ2n) is 4.10. The lowest BCUT2D eigenvalue weighted by Crippen LogP contribution is -2.30. The van der Waals surface area contributed by atoms with Gasteiger partial charge >= 0.3 is 0 Å². The summed E-state index contributed by atoms with van der Waals surface area (Å²) in [5.74, 6) is 4.53. The normalized spacial score (nSPS) is 10.2. The van der Waals surface area contributed by atoms with Crippen molar-refractivity contribution in [3.05, 3.63) is 63.6 Å². The van der Waals surface area contributed by atoms with Gasteiger partial charge in [-0.25, -0.2) is 5.84 Å². The molecule has 0 spiro atoms. The average molecular weight is 321 g/mol. The first-order chi connectivity index (χ1) is 9.11. The fraction of sp³-hybridized carbons (Fsp3) is 0.0714. The van der Waals surface area contributed by atoms with E-state index in [1.165, 1.54) is 6.07 Å². The van der Waals surface area contributed by atoms with Crippen molar-refractivity contribution in [2.75, 3.05) is 0 Å². The van der Waals surface area contributed by atoms with Crippen LogP contribution in [0, 0.1) is 0 Å². The van der Waals surface area contributed by atoms with Gasteiger partial charge in [-0.3, -0.25) is 10.2 Å². The van der Waals surface area contributed by atoms with Gasteiger partial charge in [-0.15, -0.1) is 0 Å². The molecule has 1 amide bonds. The number of phenolic OH excluding ortho intramolecular Hbond substituents is 1. The number of hydrogen-bond donors (Lipinski definition) is 3. The lowest BCUT2D eigenvalue weighted by molar-refractivity contribution is 0.0950. The SMILES string of the molecule is NNC(=O)c1cc(Br)cc(Cc2ccccc2)c1O. The van der Waals surface area contributed by atoms with Gasteiger partial charge < -0.3 is 5.11 Å². The molecule has 0 aliphatic rings. The Kier molecular flexibility index (Phi) is 4.19. The highest BCUT2D eigenvalue weighted by molar-refractivity contribution is 9.10. The van der Waals surface area contributed by atoms with E-state index in [4.69, 9.17) is 5.84 Å². The number of carbonyl (C=O) groups is 1. The van der Waals surface area contributed by atoms with Gasteiger partial charge in [-0.2, -0.15) is 0 Å². The molecule has 0 aliphatic heterocycles. The maximum absolute atomic E-state index is 11.6. The van der Waals surface area contributed by atoms with Crippen LogP contribution in [-0.4, -0.2) is 11.0 Å². The predicted octanol–water partition coefficient (Wildman–Crippen LogP) is 2.35. The Labute approximate surface area is 119 Å². The van der Waals surface area contributed by atoms with Crippen LogP contribution in [-0.2, 0) is 6.42 Å². The monoisotopic (exact) mass is 320 g/mol. The summed E-state index contributed by atoms with van der Waals surface area (Å²) in [4.78, 5) is 11.6. The highest BCUT2D eigenvalue weighted by atomic mass is 79.9. The van der Waals surface area contributed by atoms with E-state index in [0.29, 0.717) is 12.0 Å². The molecule has 0 saturated heterocycles. The van der Waals surface area contributed by atoms with Gasteiger partial charge in [0.2, 0.25) is 0 Å². The number of rotatable bonds is 3. The Morgan fingerprint density at radius 2 is 1.95 bits per heavy atom. The molecule has 19 heavy (non-hydrogen) atoms. The summed E-state index contributed by atoms with van der Waals surface area (Å²) in [5, 5.41) is 10.1. The molecule has 2 rings (SSSR count). The first-order valence-corrected chi connectivity index (χ1v) is 6.47. The number of halogens is 1. The first-order valence-electron chi connectivity index (χ1n) is 5.68. The van der Waals surface area contributed by atoms with Gasteiger partial charge in [0.1, 0.15) is 5.75 Å². The van der Waals surface area contributed by atoms with E-state index < -0.39 is 5.91 Å². The quantitative estimate of drug-likeness (QED) is 0.461. The van der Waals surface area contributed by atoms with Gasteiger partial charge in [0.15, 0.2) is 0 Å². The average Bonchev–Trinajstić information content (AvgIpc) is 2.42. The number of benzene rings is 2. The van der Waals surface area contributed by atoms with Crippen molar-refractivity contribution in [1.82, 2.24) is 5.43 Å². The van der Waals surface area contributed by atoms with E-state index in [9.17, 15) is 9.90 Å². The maximum Gasteiger partial charge on any atom is 0.268 e. The van der Waals surface area contributed by atoms with Crippen LogP contribution < -0.4 is 11.3 Å². The molecule has 5 heteroatoms. The molecule has 0 bridgehead atoms. The molecule has 0 fully saturated rings. The number of carbonyl (C=O) groups excluding carboxylic acids is 1. The van der Waals surface area contributed by atoms with E-state index in [2.05, 4.69) is 15.9 Å². The fourth-order valence-electron chi connectivity index (χ4n) is 1.86. The summed E-state index contributed by atoms with van der Waals surface area (Å²) in [6, 6.07) is 13.0. The minimum absolute atomic E-state index is 0.0463. The molecule has 4 nitrogen and oxygen atoms in total. The van der Waals surface area contributed by atoms with Gasteiger partial charge in [0, 0.05) is 16.5 Å². The summed E-state index contributed by atoms with van der Waals surface area (Å²) in [7, 11) is 0. The third-order valence-electron chi connectivity index (χ3n) is 2.77. The molecule has 0 radical (unpaired) electrons. The third-order valence-corrected chi connectivity index (χ3v) is 3.22. The molecule has 2 aromatic carbocycles. The van der Waals surface area contributed by atoms with Crippen LogP contribution in [0.2, 0.25) is 0 Å². The lowest BCUT2D eigenvalue weighted by atomic mass is 10.0. The highest BCUT2D eigenvalue weighted by Gasteiger charge is 2.15. The first kappa shape index (κ1) is 13.6. The number of nitrogens with two attached hydrogens (primary N) is 1. The van der Waals surface area contributed by atoms with Crippen LogP contribution in [0.3, 0.4) is 0 Å². The van der Waals surface area contributed by atoms with Gasteiger partial charge in [0.05, 0.1) is 5.56 Å². The molecular weight excluding hydrogens is 308 g/mol. The van der Waals surface area contributed by atoms with Gasteiger partial charge in [-0.05, 0) is 17.7 Å². The summed E-state index contributed by atoms with van der Waals surface area (Å²) in [6.07, 6.45) is 0.539. The van der Waals surface area contributed by atoms with Crippen molar-refractivity contribution < 1.29 is 9.90 Å². The van der Waals surface area contributed by atoms with Crippen LogP contribution in [0.5, 0.6) is 5.75 Å². The minimum Gasteiger partial charge on any atom is -0.507 e. The second kappa shape index (κ2) is 5.86. The van der Waals surface area contributed by atoms with Crippen LogP contribution in [0.15, 0.2) is 46.9 Å². The van der Waals surface area contributed by atoms with E-state index in [0.717, 1.165) is 10.0 Å². The van der Waals surface area contributed by atoms with Crippen molar-refractivity contribution in [3.63, 3.8) is 0 Å². The van der Waals surface area contributed by atoms with E-state index in [1.807, 2.05) is 35.8 Å². The Hall–Kier alpha value is -1.85. The van der Waals surface area contributed by atoms with E-state index in [1.54, 1.807) is 6.07 Å². The minimum atomic E-state index is -0.520. The Morgan fingerprint density at radius 3 is 2.58 bits per heavy atom. The maximum atomic E-state index is 11.6. The lowest BCUT2D eigenvalue weighted by Gasteiger charge is -2.10. The Balaban J connectivity index is 2.41. The standard InChI is InChI=1S/C14H13BrN2O2/c15-11-7-10(6-9-4-2-1-3-5-9)13(18)12(8-11)14(19)17-16/h1-5,7-8,18H,6,16H2,(H,17,19). The number of hydrazine groups is 1. The molecule has 0 aromatic heterocycles. The largest absolute Gasteiger partial charge is 0.507 e. The number of hydrogen-bond acceptors (Lipinski definition) is 3. The van der Waals surface area contributed by atoms with Crippen LogP contribution >= 0.6 is 15.9 Å². The fourth-order valence-corrected chi connectivity index (χ4v) is 2.36. The van der Waals surface area contributed by atoms with Gasteiger partial charge in [-0.1, -0.05) is 46.3 Å². The second-order valence-corrected chi connectivity index (χ2v) is 5.01. The zero-order chi connectivity index (χ0) is 13.8. The van der Waals surface area contributed by atoms with Crippen molar-refractivity contribution in [3.8, 4) is 5.75 Å². The Bertz CT molecular complexity index is 600. The molecule has 98 valence electrons. The number of nitrogens with one attached hydrogen (secondary N) is 1. The highest BCUT2D eigenvalue weighted by Crippen LogP contribution is 2.29. The number of nitrogen functional groups attached to an aromatic ring is 1. The Morgan fingerprint density at radius 1 is 1.26 bits per heavy atom. The predicted molar refractivity (Wildman–Crippen MR) is 76.7 cm³/mol. The number of amides is 1. The van der Waals surface area contributed by atoms with Crippen molar-refractivity contribution in [2.24, 2.45) is 5.84 Å². The third kappa shape index (κ3) is 3.13. The summed E-state index contributed by atoms with van der Waals surface area (Å²) in [6.45, 7) is 0. The zero-order valence-corrected chi connectivity index (χ0v) is 11.6. The number of phenols is 1. The van der Waals surface area contributed by atoms with Crippen molar-refractivity contribution in [2.45, 2.75) is 6.42 Å². The molecule has 0 aliphatic carbocycles. The smallest absolute Gasteiger partial charge is 0.268 e. The van der Waals surface area contributed by atoms with Crippen molar-refractivity contribution in [1.29, 1.82) is 0 Å². The molecule has 0 unspecified atom stereocenters. The number of aromatic hydroxyl groups is 1. The van der Waals surface area contributed by atoms with Crippen LogP contribution in [0.1, 0.15) is 21.5 Å². The molecule has 4 N–H and O–H groups in total. The molecule has 0 heterocycles. The van der Waals surface area contributed by atoms with Gasteiger partial charge in [0.25, 0.3) is 5.91 Å². The summed E-state index contributed by atoms with van der Waals surface area (Å²) < 4.78 is 0.717. The van der Waals surface area contributed by atoms with Crippen LogP contribution in [0.25, 0.3) is 0 Å². The molecule has 0 saturated carbocycles. The van der Waals surface area contributed by atoms with Crippen LogP contribution in [0.4, 0.5) is 0 Å². The molecule has 0 atom stereocenters. The van der Waals surface area contributed by atoms with E-state index in [-0.39, 0.29) is 11.3 Å². The summed E-state index contributed by atoms with van der Waals surface area (Å²) >= 11 is 3.33. The molecular formula is C14H13BrN2O2.